The molecule has 0 radical (unpaired) electrons. The number of hydrogen-bond acceptors (Lipinski definition) is 4. The van der Waals surface area contributed by atoms with Crippen LogP contribution in [0.5, 0.6) is 5.75 Å². The van der Waals surface area contributed by atoms with Crippen LogP contribution in [0.1, 0.15) is 10.4 Å². The van der Waals surface area contributed by atoms with Crippen molar-refractivity contribution in [2.45, 2.75) is 0 Å². The van der Waals surface area contributed by atoms with Crippen LogP contribution in [0, 0.1) is 0 Å². The molecule has 5 heteroatoms. The van der Waals surface area contributed by atoms with Gasteiger partial charge in [0.2, 0.25) is 0 Å². The maximum absolute atomic E-state index is 12.0. The number of piperazine rings is 1. The van der Waals surface area contributed by atoms with Gasteiger partial charge in [-0.05, 0) is 31.3 Å². The lowest BCUT2D eigenvalue weighted by molar-refractivity contribution is 0.0662. The maximum Gasteiger partial charge on any atom is 0.265 e. The van der Waals surface area contributed by atoms with E-state index in [1.54, 1.807) is 31.4 Å². The standard InChI is InChI=1S/C13H19N3O2/c1-15-7-9-16(10-8-15)14-13(17)11-3-5-12(18-2)6-4-11/h3-6H,7-10H2,1-2H3,(H,14,17). The van der Waals surface area contributed by atoms with E-state index in [0.29, 0.717) is 5.56 Å². The van der Waals surface area contributed by atoms with Crippen molar-refractivity contribution >= 4 is 5.91 Å². The number of carbonyl (C=O) groups is 1. The topological polar surface area (TPSA) is 44.8 Å². The Morgan fingerprint density at radius 2 is 1.78 bits per heavy atom. The lowest BCUT2D eigenvalue weighted by Gasteiger charge is -2.32. The highest BCUT2D eigenvalue weighted by molar-refractivity contribution is 5.93. The van der Waals surface area contributed by atoms with Gasteiger partial charge in [0, 0.05) is 31.7 Å². The number of rotatable bonds is 3. The second-order valence-electron chi connectivity index (χ2n) is 4.46. The van der Waals surface area contributed by atoms with Crippen LogP contribution in [0.25, 0.3) is 0 Å². The van der Waals surface area contributed by atoms with Crippen molar-refractivity contribution in [3.8, 4) is 5.75 Å². The number of amides is 1. The predicted molar refractivity (Wildman–Crippen MR) is 69.5 cm³/mol. The number of hydrogen-bond donors (Lipinski definition) is 1. The summed E-state index contributed by atoms with van der Waals surface area (Å²) in [5, 5.41) is 1.96. The fourth-order valence-corrected chi connectivity index (χ4v) is 1.87. The van der Waals surface area contributed by atoms with Gasteiger partial charge in [0.25, 0.3) is 5.91 Å². The van der Waals surface area contributed by atoms with E-state index in [4.69, 9.17) is 4.74 Å². The number of carbonyl (C=O) groups excluding carboxylic acids is 1. The van der Waals surface area contributed by atoms with Gasteiger partial charge in [0.1, 0.15) is 5.75 Å². The highest BCUT2D eigenvalue weighted by Gasteiger charge is 2.16. The average Bonchev–Trinajstić information content (AvgIpc) is 2.41. The molecule has 1 N–H and O–H groups in total. The second-order valence-corrected chi connectivity index (χ2v) is 4.46. The molecule has 18 heavy (non-hydrogen) atoms. The molecule has 1 fully saturated rings. The molecule has 2 rings (SSSR count). The van der Waals surface area contributed by atoms with Crippen molar-refractivity contribution in [3.63, 3.8) is 0 Å². The quantitative estimate of drug-likeness (QED) is 0.851. The number of nitrogens with zero attached hydrogens (tertiary/aromatic N) is 2. The zero-order chi connectivity index (χ0) is 13.0. The van der Waals surface area contributed by atoms with Gasteiger partial charge in [-0.2, -0.15) is 0 Å². The van der Waals surface area contributed by atoms with Crippen LogP contribution in [0.4, 0.5) is 0 Å². The van der Waals surface area contributed by atoms with Crippen molar-refractivity contribution in [1.29, 1.82) is 0 Å². The van der Waals surface area contributed by atoms with Crippen LogP contribution in [0.3, 0.4) is 0 Å². The normalized spacial score (nSPS) is 17.4. The highest BCUT2D eigenvalue weighted by atomic mass is 16.5. The number of ether oxygens (including phenoxy) is 1. The van der Waals surface area contributed by atoms with E-state index in [1.165, 1.54) is 0 Å². The highest BCUT2D eigenvalue weighted by Crippen LogP contribution is 2.11. The van der Waals surface area contributed by atoms with Gasteiger partial charge in [0.15, 0.2) is 0 Å². The summed E-state index contributed by atoms with van der Waals surface area (Å²) in [7, 11) is 3.70. The number of likely N-dealkylation sites (N-methyl/N-ethyl adjacent to an activating group) is 1. The van der Waals surface area contributed by atoms with Crippen molar-refractivity contribution in [2.24, 2.45) is 0 Å². The van der Waals surface area contributed by atoms with Gasteiger partial charge in [-0.15, -0.1) is 0 Å². The molecule has 98 valence electrons. The molecule has 0 saturated carbocycles. The minimum atomic E-state index is -0.0674. The maximum atomic E-state index is 12.0. The second kappa shape index (κ2) is 5.84. The van der Waals surface area contributed by atoms with E-state index in [0.717, 1.165) is 31.9 Å². The van der Waals surface area contributed by atoms with E-state index >= 15 is 0 Å². The molecule has 1 amide bonds. The lowest BCUT2D eigenvalue weighted by Crippen LogP contribution is -2.52. The molecule has 1 aromatic carbocycles. The van der Waals surface area contributed by atoms with Crippen LogP contribution in [0.2, 0.25) is 0 Å². The Hall–Kier alpha value is -1.59. The molecule has 1 heterocycles. The summed E-state index contributed by atoms with van der Waals surface area (Å²) in [6.45, 7) is 3.67. The molecular weight excluding hydrogens is 230 g/mol. The van der Waals surface area contributed by atoms with Gasteiger partial charge >= 0.3 is 0 Å². The molecular formula is C13H19N3O2. The first-order valence-electron chi connectivity index (χ1n) is 6.07. The van der Waals surface area contributed by atoms with E-state index in [9.17, 15) is 4.79 Å². The predicted octanol–water partition coefficient (Wildman–Crippen LogP) is 0.587. The summed E-state index contributed by atoms with van der Waals surface area (Å²) in [6.07, 6.45) is 0. The van der Waals surface area contributed by atoms with E-state index in [2.05, 4.69) is 17.4 Å². The summed E-state index contributed by atoms with van der Waals surface area (Å²) < 4.78 is 5.06. The number of methoxy groups -OCH3 is 1. The molecule has 1 aliphatic heterocycles. The Morgan fingerprint density at radius 1 is 1.17 bits per heavy atom. The SMILES string of the molecule is COc1ccc(C(=O)NN2CCN(C)CC2)cc1. The zero-order valence-corrected chi connectivity index (χ0v) is 10.8. The van der Waals surface area contributed by atoms with Crippen LogP contribution >= 0.6 is 0 Å². The number of hydrazine groups is 1. The summed E-state index contributed by atoms with van der Waals surface area (Å²) in [5.41, 5.74) is 3.57. The molecule has 0 unspecified atom stereocenters. The van der Waals surface area contributed by atoms with Crippen molar-refractivity contribution < 1.29 is 9.53 Å². The van der Waals surface area contributed by atoms with Crippen molar-refractivity contribution in [1.82, 2.24) is 15.3 Å². The summed E-state index contributed by atoms with van der Waals surface area (Å²) in [4.78, 5) is 14.2. The zero-order valence-electron chi connectivity index (χ0n) is 10.8. The van der Waals surface area contributed by atoms with Gasteiger partial charge in [-0.3, -0.25) is 10.2 Å². The molecule has 0 aromatic heterocycles. The molecule has 1 aliphatic rings. The van der Waals surface area contributed by atoms with Crippen molar-refractivity contribution in [3.05, 3.63) is 29.8 Å². The molecule has 0 spiro atoms. The van der Waals surface area contributed by atoms with Gasteiger partial charge < -0.3 is 9.64 Å². The summed E-state index contributed by atoms with van der Waals surface area (Å²) >= 11 is 0. The minimum absolute atomic E-state index is 0.0674. The molecule has 1 saturated heterocycles. The Labute approximate surface area is 107 Å². The Bertz CT molecular complexity index is 397. The van der Waals surface area contributed by atoms with Crippen LogP contribution < -0.4 is 10.2 Å². The van der Waals surface area contributed by atoms with Crippen LogP contribution in [-0.4, -0.2) is 56.2 Å². The summed E-state index contributed by atoms with van der Waals surface area (Å²) in [6, 6.07) is 7.12. The van der Waals surface area contributed by atoms with E-state index in [1.807, 2.05) is 5.01 Å². The molecule has 1 aromatic rings. The third kappa shape index (κ3) is 3.21. The van der Waals surface area contributed by atoms with Crippen molar-refractivity contribution in [2.75, 3.05) is 40.3 Å². The molecule has 0 atom stereocenters. The Balaban J connectivity index is 1.90. The largest absolute Gasteiger partial charge is 0.497 e. The van der Waals surface area contributed by atoms with Gasteiger partial charge in [-0.1, -0.05) is 0 Å². The average molecular weight is 249 g/mol. The monoisotopic (exact) mass is 249 g/mol. The fourth-order valence-electron chi connectivity index (χ4n) is 1.87. The number of nitrogens with one attached hydrogen (secondary N) is 1. The third-order valence-corrected chi connectivity index (χ3v) is 3.12. The van der Waals surface area contributed by atoms with Crippen LogP contribution in [-0.2, 0) is 0 Å². The first-order valence-corrected chi connectivity index (χ1v) is 6.07. The van der Waals surface area contributed by atoms with E-state index in [-0.39, 0.29) is 5.91 Å². The lowest BCUT2D eigenvalue weighted by atomic mass is 10.2. The van der Waals surface area contributed by atoms with E-state index < -0.39 is 0 Å². The third-order valence-electron chi connectivity index (χ3n) is 3.12. The first-order chi connectivity index (χ1) is 8.69. The van der Waals surface area contributed by atoms with Gasteiger partial charge in [-0.25, -0.2) is 5.01 Å². The molecule has 5 nitrogen and oxygen atoms in total. The molecule has 0 aliphatic carbocycles. The van der Waals surface area contributed by atoms with Crippen LogP contribution in [0.15, 0.2) is 24.3 Å². The fraction of sp³-hybridized carbons (Fsp3) is 0.462. The number of benzene rings is 1. The smallest absolute Gasteiger partial charge is 0.265 e. The first kappa shape index (κ1) is 12.9. The Kier molecular flexibility index (Phi) is 4.17. The Morgan fingerprint density at radius 3 is 2.33 bits per heavy atom. The molecule has 0 bridgehead atoms. The summed E-state index contributed by atoms with van der Waals surface area (Å²) in [5.74, 6) is 0.688. The van der Waals surface area contributed by atoms with Gasteiger partial charge in [0.05, 0.1) is 7.11 Å². The minimum Gasteiger partial charge on any atom is -0.497 e.